The van der Waals surface area contributed by atoms with Gasteiger partial charge in [0.25, 0.3) is 0 Å². The van der Waals surface area contributed by atoms with E-state index < -0.39 is 5.56 Å². The standard InChI is InChI=1S/C4H2Cl2N2O.Na/c5-2-1-7-4(6)8-3(2)9;/h1H,(H,7,8,9);/q;+1/p-1. The Morgan fingerprint density at radius 3 is 2.50 bits per heavy atom. The van der Waals surface area contributed by atoms with Crippen LogP contribution >= 0.6 is 23.2 Å². The Bertz CT molecular complexity index is 274. The normalized spacial score (nSPS) is 8.60. The quantitative estimate of drug-likeness (QED) is 0.339. The molecule has 48 valence electrons. The average molecular weight is 187 g/mol. The summed E-state index contributed by atoms with van der Waals surface area (Å²) in [6.45, 7) is 0. The fourth-order valence-electron chi connectivity index (χ4n) is 0.331. The van der Waals surface area contributed by atoms with Crippen LogP contribution in [-0.4, -0.2) is 4.98 Å². The van der Waals surface area contributed by atoms with Gasteiger partial charge in [-0.3, -0.25) is 4.79 Å². The number of halogens is 2. The van der Waals surface area contributed by atoms with Crippen LogP contribution in [0.25, 0.3) is 0 Å². The molecule has 0 spiro atoms. The molecule has 0 atom stereocenters. The van der Waals surface area contributed by atoms with Gasteiger partial charge >= 0.3 is 29.6 Å². The number of rotatable bonds is 0. The first kappa shape index (κ1) is 10.5. The number of hydrogen-bond donors (Lipinski definition) is 0. The summed E-state index contributed by atoms with van der Waals surface area (Å²) >= 11 is 10.5. The molecule has 0 aromatic carbocycles. The van der Waals surface area contributed by atoms with Crippen LogP contribution in [0.4, 0.5) is 0 Å². The van der Waals surface area contributed by atoms with Crippen LogP contribution in [0.3, 0.4) is 0 Å². The zero-order valence-electron chi connectivity index (χ0n) is 5.14. The first-order valence-electron chi connectivity index (χ1n) is 2.05. The van der Waals surface area contributed by atoms with E-state index in [1.165, 1.54) is 6.20 Å². The van der Waals surface area contributed by atoms with E-state index in [0.29, 0.717) is 0 Å². The maximum absolute atomic E-state index is 10.5. The molecule has 1 rings (SSSR count). The zero-order chi connectivity index (χ0) is 6.85. The van der Waals surface area contributed by atoms with Gasteiger partial charge in [-0.1, -0.05) is 29.4 Å². The maximum Gasteiger partial charge on any atom is 1.00 e. The fourth-order valence-corrected chi connectivity index (χ4v) is 0.548. The van der Waals surface area contributed by atoms with E-state index >= 15 is 0 Å². The largest absolute Gasteiger partial charge is 1.00 e. The van der Waals surface area contributed by atoms with Gasteiger partial charge in [-0.2, -0.15) is 0 Å². The van der Waals surface area contributed by atoms with Crippen LogP contribution in [-0.2, 0) is 0 Å². The maximum atomic E-state index is 10.5. The Hall–Kier alpha value is 0.460. The van der Waals surface area contributed by atoms with E-state index in [0.717, 1.165) is 0 Å². The van der Waals surface area contributed by atoms with Crippen molar-refractivity contribution in [2.45, 2.75) is 0 Å². The molecule has 1 heterocycles. The van der Waals surface area contributed by atoms with Gasteiger partial charge in [0.05, 0.1) is 5.02 Å². The van der Waals surface area contributed by atoms with Gasteiger partial charge in [-0.15, -0.1) is 0 Å². The molecule has 0 aliphatic heterocycles. The van der Waals surface area contributed by atoms with Crippen molar-refractivity contribution in [2.75, 3.05) is 0 Å². The summed E-state index contributed by atoms with van der Waals surface area (Å²) in [5, 5.41) is -0.0937. The SMILES string of the molecule is O=c1[n-]c(Cl)ncc1Cl.[Na+]. The Labute approximate surface area is 89.1 Å². The minimum Gasteiger partial charge on any atom is -0.431 e. The summed E-state index contributed by atoms with van der Waals surface area (Å²) in [4.78, 5) is 17.2. The zero-order valence-corrected chi connectivity index (χ0v) is 8.65. The van der Waals surface area contributed by atoms with Crippen molar-refractivity contribution in [1.29, 1.82) is 0 Å². The van der Waals surface area contributed by atoms with Crippen LogP contribution in [0.1, 0.15) is 0 Å². The van der Waals surface area contributed by atoms with E-state index in [2.05, 4.69) is 9.97 Å². The first-order chi connectivity index (χ1) is 4.20. The molecule has 0 N–H and O–H groups in total. The molecule has 0 aliphatic rings. The Morgan fingerprint density at radius 1 is 1.50 bits per heavy atom. The minimum absolute atomic E-state index is 0. The van der Waals surface area contributed by atoms with Crippen molar-refractivity contribution in [3.8, 4) is 0 Å². The number of aromatic nitrogens is 2. The van der Waals surface area contributed by atoms with Crippen LogP contribution in [0.2, 0.25) is 10.3 Å². The van der Waals surface area contributed by atoms with Gasteiger partial charge in [0.1, 0.15) is 0 Å². The van der Waals surface area contributed by atoms with Gasteiger partial charge in [0.2, 0.25) is 0 Å². The Kier molecular flexibility index (Phi) is 4.56. The van der Waals surface area contributed by atoms with E-state index in [1.807, 2.05) is 0 Å². The predicted octanol–water partition coefficient (Wildman–Crippen LogP) is -2.29. The smallest absolute Gasteiger partial charge is 0.431 e. The second kappa shape index (κ2) is 4.36. The molecule has 0 saturated heterocycles. The molecule has 0 aliphatic carbocycles. The molecule has 6 heteroatoms. The molecule has 0 bridgehead atoms. The molecule has 0 radical (unpaired) electrons. The third-order valence-electron chi connectivity index (χ3n) is 0.683. The van der Waals surface area contributed by atoms with E-state index in [9.17, 15) is 4.79 Å². The molecular formula is C4HCl2N2NaO. The molecule has 3 nitrogen and oxygen atoms in total. The summed E-state index contributed by atoms with van der Waals surface area (Å²) in [6, 6.07) is 0. The van der Waals surface area contributed by atoms with Gasteiger partial charge in [0.15, 0.2) is 5.56 Å². The van der Waals surface area contributed by atoms with Crippen molar-refractivity contribution in [3.63, 3.8) is 0 Å². The second-order valence-electron chi connectivity index (χ2n) is 1.29. The van der Waals surface area contributed by atoms with Gasteiger partial charge < -0.3 is 9.97 Å². The van der Waals surface area contributed by atoms with Crippen molar-refractivity contribution < 1.29 is 29.6 Å². The summed E-state index contributed by atoms with van der Waals surface area (Å²) in [5.74, 6) is 0. The van der Waals surface area contributed by atoms with Crippen LogP contribution in [0, 0.1) is 0 Å². The molecule has 10 heavy (non-hydrogen) atoms. The third-order valence-corrected chi connectivity index (χ3v) is 1.12. The van der Waals surface area contributed by atoms with Gasteiger partial charge in [-0.25, -0.2) is 0 Å². The van der Waals surface area contributed by atoms with Crippen LogP contribution in [0.15, 0.2) is 11.0 Å². The molecule has 0 fully saturated rings. The van der Waals surface area contributed by atoms with Crippen LogP contribution < -0.4 is 40.1 Å². The van der Waals surface area contributed by atoms with E-state index in [1.54, 1.807) is 0 Å². The molecule has 1 aromatic rings. The van der Waals surface area contributed by atoms with Gasteiger partial charge in [0, 0.05) is 5.28 Å². The third kappa shape index (κ3) is 2.60. The molecule has 0 unspecified atom stereocenters. The van der Waals surface area contributed by atoms with Crippen molar-refractivity contribution in [1.82, 2.24) is 9.97 Å². The molecular weight excluding hydrogens is 186 g/mol. The molecule has 0 saturated carbocycles. The topological polar surface area (TPSA) is 44.1 Å². The Balaban J connectivity index is 0.000000810. The predicted molar refractivity (Wildman–Crippen MR) is 33.8 cm³/mol. The van der Waals surface area contributed by atoms with Crippen molar-refractivity contribution >= 4 is 23.2 Å². The molecule has 1 aromatic heterocycles. The summed E-state index contributed by atoms with van der Waals surface area (Å²) < 4.78 is 0. The summed E-state index contributed by atoms with van der Waals surface area (Å²) in [5.41, 5.74) is -0.545. The van der Waals surface area contributed by atoms with Crippen molar-refractivity contribution in [3.05, 3.63) is 26.9 Å². The second-order valence-corrected chi connectivity index (χ2v) is 2.04. The Morgan fingerprint density at radius 2 is 2.10 bits per heavy atom. The first-order valence-corrected chi connectivity index (χ1v) is 2.81. The fraction of sp³-hybridized carbons (Fsp3) is 0. The van der Waals surface area contributed by atoms with E-state index in [4.69, 9.17) is 23.2 Å². The average Bonchev–Trinajstić information content (AvgIpc) is 1.80. The number of nitrogens with zero attached hydrogens (tertiary/aromatic N) is 2. The van der Waals surface area contributed by atoms with E-state index in [-0.39, 0.29) is 39.9 Å². The summed E-state index contributed by atoms with van der Waals surface area (Å²) in [6.07, 6.45) is 1.17. The summed E-state index contributed by atoms with van der Waals surface area (Å²) in [7, 11) is 0. The molecule has 0 amide bonds. The minimum atomic E-state index is -0.545. The van der Waals surface area contributed by atoms with Gasteiger partial charge in [-0.05, 0) is 0 Å². The van der Waals surface area contributed by atoms with Crippen LogP contribution in [0.5, 0.6) is 0 Å². The number of hydrogen-bond acceptors (Lipinski definition) is 2. The monoisotopic (exact) mass is 186 g/mol. The van der Waals surface area contributed by atoms with Crippen molar-refractivity contribution in [2.24, 2.45) is 0 Å².